The summed E-state index contributed by atoms with van der Waals surface area (Å²) < 4.78 is 7.34. The molecule has 0 aliphatic heterocycles. The first kappa shape index (κ1) is 16.5. The molecule has 2 unspecified atom stereocenters. The number of aromatic nitrogens is 2. The first-order valence-corrected chi connectivity index (χ1v) is 7.03. The van der Waals surface area contributed by atoms with E-state index in [4.69, 9.17) is 16.3 Å². The molecule has 0 spiro atoms. The van der Waals surface area contributed by atoms with Crippen LogP contribution in [0, 0.1) is 12.3 Å². The highest BCUT2D eigenvalue weighted by Crippen LogP contribution is 2.29. The molecule has 1 aromatic rings. The van der Waals surface area contributed by atoms with Gasteiger partial charge in [0.1, 0.15) is 5.15 Å². The summed E-state index contributed by atoms with van der Waals surface area (Å²) in [5.41, 5.74) is 1.62. The van der Waals surface area contributed by atoms with E-state index in [-0.39, 0.29) is 11.5 Å². The number of hydrogen-bond acceptors (Lipinski definition) is 3. The molecule has 0 bridgehead atoms. The van der Waals surface area contributed by atoms with E-state index in [1.165, 1.54) is 0 Å². The topological polar surface area (TPSA) is 47.3 Å². The Labute approximate surface area is 120 Å². The van der Waals surface area contributed by atoms with Crippen LogP contribution in [0.2, 0.25) is 5.15 Å². The van der Waals surface area contributed by atoms with Gasteiger partial charge in [-0.25, -0.2) is 0 Å². The minimum Gasteiger partial charge on any atom is -0.390 e. The molecule has 5 heteroatoms. The molecule has 4 nitrogen and oxygen atoms in total. The second-order valence-electron chi connectivity index (χ2n) is 5.99. The summed E-state index contributed by atoms with van der Waals surface area (Å²) in [6.45, 7) is 10.6. The van der Waals surface area contributed by atoms with Gasteiger partial charge in [-0.15, -0.1) is 0 Å². The van der Waals surface area contributed by atoms with Crippen molar-refractivity contribution in [3.8, 4) is 0 Å². The molecule has 0 fully saturated rings. The van der Waals surface area contributed by atoms with Gasteiger partial charge in [0.15, 0.2) is 0 Å². The lowest BCUT2D eigenvalue weighted by Gasteiger charge is -2.34. The maximum absolute atomic E-state index is 10.5. The van der Waals surface area contributed by atoms with Crippen molar-refractivity contribution in [2.24, 2.45) is 12.5 Å². The second kappa shape index (κ2) is 6.25. The van der Waals surface area contributed by atoms with Crippen LogP contribution in [0.25, 0.3) is 0 Å². The zero-order valence-corrected chi connectivity index (χ0v) is 13.5. The standard InChI is InChI=1S/C14H25ClN2O2/c1-7-19-12(14(3,4)5)11(18)8-10-9(2)16-17(6)13(10)15/h11-12,18H,7-8H2,1-6H3. The van der Waals surface area contributed by atoms with Crippen LogP contribution in [-0.2, 0) is 18.2 Å². The van der Waals surface area contributed by atoms with Crippen LogP contribution in [0.1, 0.15) is 39.0 Å². The van der Waals surface area contributed by atoms with Crippen molar-refractivity contribution in [3.63, 3.8) is 0 Å². The fourth-order valence-electron chi connectivity index (χ4n) is 2.34. The maximum atomic E-state index is 10.5. The monoisotopic (exact) mass is 288 g/mol. The van der Waals surface area contributed by atoms with E-state index in [0.29, 0.717) is 18.2 Å². The largest absolute Gasteiger partial charge is 0.390 e. The summed E-state index contributed by atoms with van der Waals surface area (Å²) in [5, 5.41) is 15.3. The van der Waals surface area contributed by atoms with Gasteiger partial charge in [-0.05, 0) is 19.3 Å². The molecule has 110 valence electrons. The third-order valence-electron chi connectivity index (χ3n) is 3.23. The molecule has 0 saturated heterocycles. The SMILES string of the molecule is CCOC(C(O)Cc1c(C)nn(C)c1Cl)C(C)(C)C. The summed E-state index contributed by atoms with van der Waals surface area (Å²) in [5.74, 6) is 0. The van der Waals surface area contributed by atoms with E-state index in [1.54, 1.807) is 11.7 Å². The van der Waals surface area contributed by atoms with Crippen molar-refractivity contribution in [1.82, 2.24) is 9.78 Å². The van der Waals surface area contributed by atoms with E-state index in [1.807, 2.05) is 13.8 Å². The van der Waals surface area contributed by atoms with Gasteiger partial charge in [0.05, 0.1) is 17.9 Å². The van der Waals surface area contributed by atoms with Gasteiger partial charge in [0, 0.05) is 25.6 Å². The van der Waals surface area contributed by atoms with Gasteiger partial charge in [0.25, 0.3) is 0 Å². The first-order chi connectivity index (χ1) is 8.68. The highest BCUT2D eigenvalue weighted by molar-refractivity contribution is 6.30. The van der Waals surface area contributed by atoms with Crippen LogP contribution < -0.4 is 0 Å². The van der Waals surface area contributed by atoms with Crippen molar-refractivity contribution in [3.05, 3.63) is 16.4 Å². The van der Waals surface area contributed by atoms with Gasteiger partial charge in [0.2, 0.25) is 0 Å². The lowest BCUT2D eigenvalue weighted by molar-refractivity contribution is -0.0874. The maximum Gasteiger partial charge on any atom is 0.130 e. The Kier molecular flexibility index (Phi) is 5.42. The third kappa shape index (κ3) is 3.94. The van der Waals surface area contributed by atoms with Gasteiger partial charge >= 0.3 is 0 Å². The van der Waals surface area contributed by atoms with Crippen molar-refractivity contribution in [2.75, 3.05) is 6.61 Å². The third-order valence-corrected chi connectivity index (χ3v) is 3.71. The zero-order chi connectivity index (χ0) is 14.8. The zero-order valence-electron chi connectivity index (χ0n) is 12.7. The number of rotatable bonds is 5. The minimum atomic E-state index is -0.597. The number of nitrogens with zero attached hydrogens (tertiary/aromatic N) is 2. The van der Waals surface area contributed by atoms with Crippen LogP contribution in [0.15, 0.2) is 0 Å². The van der Waals surface area contributed by atoms with E-state index in [2.05, 4.69) is 25.9 Å². The van der Waals surface area contributed by atoms with E-state index in [9.17, 15) is 5.11 Å². The predicted octanol–water partition coefficient (Wildman–Crippen LogP) is 2.74. The van der Waals surface area contributed by atoms with Crippen molar-refractivity contribution >= 4 is 11.6 Å². The predicted molar refractivity (Wildman–Crippen MR) is 77.5 cm³/mol. The Balaban J connectivity index is 2.90. The van der Waals surface area contributed by atoms with Crippen LogP contribution in [-0.4, -0.2) is 33.7 Å². The summed E-state index contributed by atoms with van der Waals surface area (Å²) in [6, 6.07) is 0. The van der Waals surface area contributed by atoms with Crippen LogP contribution in [0.5, 0.6) is 0 Å². The lowest BCUT2D eigenvalue weighted by Crippen LogP contribution is -2.41. The van der Waals surface area contributed by atoms with Crippen LogP contribution in [0.4, 0.5) is 0 Å². The van der Waals surface area contributed by atoms with Gasteiger partial charge in [-0.3, -0.25) is 4.68 Å². The molecule has 0 radical (unpaired) electrons. The number of aliphatic hydroxyl groups is 1. The Morgan fingerprint density at radius 3 is 2.37 bits per heavy atom. The number of hydrogen-bond donors (Lipinski definition) is 1. The fourth-order valence-corrected chi connectivity index (χ4v) is 2.59. The summed E-state index contributed by atoms with van der Waals surface area (Å²) in [4.78, 5) is 0. The number of halogens is 1. The molecular formula is C14H25ClN2O2. The Morgan fingerprint density at radius 1 is 1.42 bits per heavy atom. The average Bonchev–Trinajstić information content (AvgIpc) is 2.51. The highest BCUT2D eigenvalue weighted by atomic mass is 35.5. The van der Waals surface area contributed by atoms with Gasteiger partial charge < -0.3 is 9.84 Å². The molecule has 1 rings (SSSR count). The van der Waals surface area contributed by atoms with E-state index >= 15 is 0 Å². The highest BCUT2D eigenvalue weighted by Gasteiger charge is 2.33. The van der Waals surface area contributed by atoms with E-state index in [0.717, 1.165) is 11.3 Å². The van der Waals surface area contributed by atoms with Crippen LogP contribution >= 0.6 is 11.6 Å². The molecule has 0 saturated carbocycles. The second-order valence-corrected chi connectivity index (χ2v) is 6.35. The molecule has 19 heavy (non-hydrogen) atoms. The molecule has 0 aliphatic carbocycles. The van der Waals surface area contributed by atoms with E-state index < -0.39 is 6.10 Å². The molecular weight excluding hydrogens is 264 g/mol. The van der Waals surface area contributed by atoms with Crippen molar-refractivity contribution in [1.29, 1.82) is 0 Å². The molecule has 1 heterocycles. The molecule has 1 aromatic heterocycles. The number of aliphatic hydroxyl groups excluding tert-OH is 1. The molecule has 0 amide bonds. The normalized spacial score (nSPS) is 15.6. The Hall–Kier alpha value is -0.580. The smallest absolute Gasteiger partial charge is 0.130 e. The average molecular weight is 289 g/mol. The molecule has 0 aromatic carbocycles. The fraction of sp³-hybridized carbons (Fsp3) is 0.786. The lowest BCUT2D eigenvalue weighted by atomic mass is 9.83. The Bertz CT molecular complexity index is 424. The molecule has 1 N–H and O–H groups in total. The summed E-state index contributed by atoms with van der Waals surface area (Å²) >= 11 is 6.20. The van der Waals surface area contributed by atoms with Gasteiger partial charge in [-0.1, -0.05) is 32.4 Å². The Morgan fingerprint density at radius 2 is 2.00 bits per heavy atom. The summed E-state index contributed by atoms with van der Waals surface area (Å²) in [7, 11) is 1.80. The number of aryl methyl sites for hydroxylation is 2. The quantitative estimate of drug-likeness (QED) is 0.906. The minimum absolute atomic E-state index is 0.127. The number of ether oxygens (including phenoxy) is 1. The molecule has 2 atom stereocenters. The first-order valence-electron chi connectivity index (χ1n) is 6.66. The summed E-state index contributed by atoms with van der Waals surface area (Å²) in [6.07, 6.45) is -0.367. The van der Waals surface area contributed by atoms with Gasteiger partial charge in [-0.2, -0.15) is 5.10 Å². The van der Waals surface area contributed by atoms with Crippen molar-refractivity contribution in [2.45, 2.75) is 53.2 Å². The van der Waals surface area contributed by atoms with Crippen molar-refractivity contribution < 1.29 is 9.84 Å². The van der Waals surface area contributed by atoms with Crippen LogP contribution in [0.3, 0.4) is 0 Å². The molecule has 0 aliphatic rings.